The van der Waals surface area contributed by atoms with Gasteiger partial charge >= 0.3 is 0 Å². The highest BCUT2D eigenvalue weighted by Gasteiger charge is 2.25. The molecule has 0 radical (unpaired) electrons. The lowest BCUT2D eigenvalue weighted by atomic mass is 10.1. The summed E-state index contributed by atoms with van der Waals surface area (Å²) < 4.78 is 0. The number of anilines is 1. The van der Waals surface area contributed by atoms with Crippen LogP contribution in [0.2, 0.25) is 25.1 Å². The molecule has 0 aliphatic carbocycles. The minimum atomic E-state index is -0.992. The smallest absolute Gasteiger partial charge is 0.244 e. The van der Waals surface area contributed by atoms with Gasteiger partial charge in [0, 0.05) is 26.3 Å². The summed E-state index contributed by atoms with van der Waals surface area (Å²) in [5.41, 5.74) is 6.24. The van der Waals surface area contributed by atoms with Gasteiger partial charge in [0.15, 0.2) is 0 Å². The van der Waals surface area contributed by atoms with Gasteiger partial charge in [0.05, 0.1) is 10.0 Å². The Morgan fingerprint density at radius 3 is 2.05 bits per heavy atom. The first-order valence-corrected chi connectivity index (χ1v) is 7.84. The van der Waals surface area contributed by atoms with Crippen LogP contribution < -0.4 is 11.1 Å². The van der Waals surface area contributed by atoms with E-state index in [1.807, 2.05) is 0 Å². The van der Waals surface area contributed by atoms with Crippen molar-refractivity contribution in [3.8, 4) is 0 Å². The van der Waals surface area contributed by atoms with E-state index in [-0.39, 0.29) is 15.1 Å². The molecule has 8 heteroatoms. The summed E-state index contributed by atoms with van der Waals surface area (Å²) in [7, 11) is 0. The number of nitrogens with one attached hydrogen (secondary N) is 1. The maximum absolute atomic E-state index is 11.8. The summed E-state index contributed by atoms with van der Waals surface area (Å²) in [6, 6.07) is 6.82. The molecule has 1 atom stereocenters. The van der Waals surface area contributed by atoms with Crippen LogP contribution in [0.5, 0.6) is 0 Å². The number of amides is 1. The van der Waals surface area contributed by atoms with E-state index in [4.69, 9.17) is 63.7 Å². The Balaban J connectivity index is 2.48. The molecule has 0 aliphatic heterocycles. The maximum atomic E-state index is 11.8. The summed E-state index contributed by atoms with van der Waals surface area (Å²) >= 11 is 30.1. The summed E-state index contributed by atoms with van der Waals surface area (Å²) in [5.74, 6) is -0.679. The van der Waals surface area contributed by atoms with Gasteiger partial charge in [-0.25, -0.2) is 0 Å². The van der Waals surface area contributed by atoms with E-state index >= 15 is 0 Å². The third-order valence-corrected chi connectivity index (χ3v) is 4.41. The Hall–Kier alpha value is -0.840. The van der Waals surface area contributed by atoms with Crippen molar-refractivity contribution in [1.29, 1.82) is 0 Å². The van der Waals surface area contributed by atoms with Crippen molar-refractivity contribution < 1.29 is 4.79 Å². The highest BCUT2D eigenvalue weighted by Crippen LogP contribution is 2.37. The average molecular weight is 399 g/mol. The molecule has 3 N–H and O–H groups in total. The molecule has 0 fully saturated rings. The van der Waals surface area contributed by atoms with Crippen molar-refractivity contribution >= 4 is 69.6 Å². The Morgan fingerprint density at radius 1 is 0.955 bits per heavy atom. The molecule has 0 saturated carbocycles. The lowest BCUT2D eigenvalue weighted by Crippen LogP contribution is -2.28. The van der Waals surface area contributed by atoms with Crippen LogP contribution >= 0.6 is 58.0 Å². The number of carbonyl (C=O) groups excluding carboxylic acids is 1. The Morgan fingerprint density at radius 2 is 1.50 bits per heavy atom. The van der Waals surface area contributed by atoms with Crippen molar-refractivity contribution in [3.63, 3.8) is 0 Å². The molecule has 0 saturated heterocycles. The van der Waals surface area contributed by atoms with E-state index < -0.39 is 11.9 Å². The van der Waals surface area contributed by atoms with Crippen LogP contribution in [0.4, 0.5) is 5.69 Å². The molecule has 3 nitrogen and oxygen atoms in total. The van der Waals surface area contributed by atoms with E-state index in [2.05, 4.69) is 5.32 Å². The number of hydrogen-bond donors (Lipinski definition) is 2. The first kappa shape index (κ1) is 17.5. The number of primary amides is 1. The van der Waals surface area contributed by atoms with E-state index in [1.165, 1.54) is 12.1 Å². The van der Waals surface area contributed by atoms with Crippen LogP contribution in [0.1, 0.15) is 11.6 Å². The number of benzene rings is 2. The molecular formula is C14H9Cl5N2O. The van der Waals surface area contributed by atoms with E-state index in [0.717, 1.165) is 0 Å². The standard InChI is InChI=1S/C14H9Cl5N2O/c15-6-3-7(16)5-8(4-6)21-13(14(20)22)11-9(17)1-2-10(18)12(11)19/h1-5,13,21H,(H2,20,22). The fraction of sp³-hybridized carbons (Fsp3) is 0.0714. The second-order valence-electron chi connectivity index (χ2n) is 4.39. The molecule has 0 spiro atoms. The molecule has 2 aromatic rings. The fourth-order valence-corrected chi connectivity index (χ4v) is 3.18. The van der Waals surface area contributed by atoms with Gasteiger partial charge < -0.3 is 11.1 Å². The van der Waals surface area contributed by atoms with Gasteiger partial charge in [-0.1, -0.05) is 58.0 Å². The zero-order chi connectivity index (χ0) is 16.4. The zero-order valence-corrected chi connectivity index (χ0v) is 14.6. The van der Waals surface area contributed by atoms with Crippen molar-refractivity contribution in [2.45, 2.75) is 6.04 Å². The molecule has 2 aromatic carbocycles. The lowest BCUT2D eigenvalue weighted by Gasteiger charge is -2.20. The summed E-state index contributed by atoms with van der Waals surface area (Å²) in [5, 5.41) is 4.40. The molecule has 22 heavy (non-hydrogen) atoms. The number of carbonyl (C=O) groups is 1. The van der Waals surface area contributed by atoms with E-state index in [0.29, 0.717) is 21.3 Å². The maximum Gasteiger partial charge on any atom is 0.244 e. The molecule has 116 valence electrons. The minimum absolute atomic E-state index is 0.151. The van der Waals surface area contributed by atoms with Crippen LogP contribution in [0, 0.1) is 0 Å². The minimum Gasteiger partial charge on any atom is -0.370 e. The second kappa shape index (κ2) is 7.16. The van der Waals surface area contributed by atoms with Gasteiger partial charge in [0.2, 0.25) is 5.91 Å². The Kier molecular flexibility index (Phi) is 5.70. The summed E-state index contributed by atoms with van der Waals surface area (Å²) in [6.07, 6.45) is 0. The monoisotopic (exact) mass is 396 g/mol. The predicted molar refractivity (Wildman–Crippen MR) is 93.5 cm³/mol. The zero-order valence-electron chi connectivity index (χ0n) is 10.8. The van der Waals surface area contributed by atoms with Crippen molar-refractivity contribution in [3.05, 3.63) is 61.0 Å². The fourth-order valence-electron chi connectivity index (χ4n) is 1.90. The van der Waals surface area contributed by atoms with Gasteiger partial charge in [-0.3, -0.25) is 4.79 Å². The highest BCUT2D eigenvalue weighted by molar-refractivity contribution is 6.44. The van der Waals surface area contributed by atoms with Gasteiger partial charge in [0.25, 0.3) is 0 Å². The molecule has 0 bridgehead atoms. The normalized spacial score (nSPS) is 12.0. The van der Waals surface area contributed by atoms with Gasteiger partial charge in [-0.15, -0.1) is 0 Å². The van der Waals surface area contributed by atoms with E-state index in [9.17, 15) is 4.79 Å². The van der Waals surface area contributed by atoms with Crippen LogP contribution in [0.15, 0.2) is 30.3 Å². The highest BCUT2D eigenvalue weighted by atomic mass is 35.5. The molecule has 1 unspecified atom stereocenters. The molecule has 0 aliphatic rings. The third-order valence-electron chi connectivity index (χ3n) is 2.83. The Labute approximate surface area is 152 Å². The van der Waals surface area contributed by atoms with Gasteiger partial charge in [-0.2, -0.15) is 0 Å². The van der Waals surface area contributed by atoms with Crippen molar-refractivity contribution in [2.24, 2.45) is 5.73 Å². The van der Waals surface area contributed by atoms with Crippen LogP contribution in [0.3, 0.4) is 0 Å². The van der Waals surface area contributed by atoms with Crippen molar-refractivity contribution in [1.82, 2.24) is 0 Å². The number of halogens is 5. The lowest BCUT2D eigenvalue weighted by molar-refractivity contribution is -0.118. The second-order valence-corrected chi connectivity index (χ2v) is 6.46. The summed E-state index contributed by atoms with van der Waals surface area (Å²) in [6.45, 7) is 0. The topological polar surface area (TPSA) is 55.1 Å². The average Bonchev–Trinajstić information content (AvgIpc) is 2.41. The Bertz CT molecular complexity index is 715. The number of nitrogens with two attached hydrogens (primary N) is 1. The molecule has 0 heterocycles. The van der Waals surface area contributed by atoms with Crippen molar-refractivity contribution in [2.75, 3.05) is 5.32 Å². The largest absolute Gasteiger partial charge is 0.370 e. The van der Waals surface area contributed by atoms with Crippen LogP contribution in [-0.4, -0.2) is 5.91 Å². The predicted octanol–water partition coefficient (Wildman–Crippen LogP) is 5.59. The molecule has 2 rings (SSSR count). The number of rotatable bonds is 4. The number of hydrogen-bond acceptors (Lipinski definition) is 2. The summed E-state index contributed by atoms with van der Waals surface area (Å²) in [4.78, 5) is 11.8. The first-order chi connectivity index (χ1) is 10.3. The van der Waals surface area contributed by atoms with Crippen LogP contribution in [0.25, 0.3) is 0 Å². The molecule has 1 amide bonds. The third kappa shape index (κ3) is 3.92. The molecular weight excluding hydrogens is 389 g/mol. The molecule has 0 aromatic heterocycles. The quantitative estimate of drug-likeness (QED) is 0.660. The van der Waals surface area contributed by atoms with Gasteiger partial charge in [-0.05, 0) is 30.3 Å². The first-order valence-electron chi connectivity index (χ1n) is 5.95. The van der Waals surface area contributed by atoms with E-state index in [1.54, 1.807) is 18.2 Å². The van der Waals surface area contributed by atoms with Crippen LogP contribution in [-0.2, 0) is 4.79 Å². The van der Waals surface area contributed by atoms with Gasteiger partial charge in [0.1, 0.15) is 6.04 Å². The SMILES string of the molecule is NC(=O)C(Nc1cc(Cl)cc(Cl)c1)c1c(Cl)ccc(Cl)c1Cl.